The molecule has 2 atom stereocenters. The Labute approximate surface area is 299 Å². The maximum Gasteiger partial charge on any atom is 0.252 e. The molecule has 0 aliphatic heterocycles. The third kappa shape index (κ3) is 6.30. The highest BCUT2D eigenvalue weighted by atomic mass is 19.1. The maximum atomic E-state index is 13.9. The molecule has 0 radical (unpaired) electrons. The van der Waals surface area contributed by atoms with Gasteiger partial charge in [-0.15, -0.1) is 0 Å². The summed E-state index contributed by atoms with van der Waals surface area (Å²) in [4.78, 5) is 74.9. The molecule has 2 unspecified atom stereocenters. The smallest absolute Gasteiger partial charge is 0.252 e. The lowest BCUT2D eigenvalue weighted by atomic mass is 9.79. The van der Waals surface area contributed by atoms with E-state index in [-0.39, 0.29) is 59.3 Å². The van der Waals surface area contributed by atoms with E-state index in [1.165, 1.54) is 12.3 Å². The topological polar surface area (TPSA) is 147 Å². The van der Waals surface area contributed by atoms with Gasteiger partial charge in [-0.1, -0.05) is 49.7 Å². The molecule has 0 bridgehead atoms. The zero-order valence-corrected chi connectivity index (χ0v) is 28.6. The second-order valence-corrected chi connectivity index (χ2v) is 13.4. The molecule has 2 aromatic carbocycles. The van der Waals surface area contributed by atoms with Crippen molar-refractivity contribution >= 4 is 29.0 Å². The first-order valence-electron chi connectivity index (χ1n) is 17.2. The predicted octanol–water partition coefficient (Wildman–Crippen LogP) is 6.68. The van der Waals surface area contributed by atoms with Gasteiger partial charge in [0.05, 0.1) is 17.3 Å². The number of Topliss-reactive ketones (excluding diaryl/α,β-unsaturated/α-hetero) is 4. The highest BCUT2D eigenvalue weighted by molar-refractivity contribution is 6.27. The van der Waals surface area contributed by atoms with Crippen LogP contribution in [0.1, 0.15) is 113 Å². The number of hydrogen-bond donors (Lipinski definition) is 1. The SMILES string of the molecule is CCCC1=C(Cc2cc(C#N)c(F)cn2)C(=O)c2ccc(C3CC3CNC(=O)c3ccc(CC4=C(C)C(=O)c5ccccc5C4=O)nc3)cc2C1=O. The molecule has 52 heavy (non-hydrogen) atoms. The first-order valence-corrected chi connectivity index (χ1v) is 17.2. The van der Waals surface area contributed by atoms with E-state index >= 15 is 0 Å². The van der Waals surface area contributed by atoms with Crippen LogP contribution in [0.2, 0.25) is 0 Å². The Bertz CT molecular complexity index is 2330. The van der Waals surface area contributed by atoms with Gasteiger partial charge in [0.15, 0.2) is 29.0 Å². The Morgan fingerprint density at radius 2 is 1.50 bits per heavy atom. The summed E-state index contributed by atoms with van der Waals surface area (Å²) in [5, 5.41) is 12.2. The Morgan fingerprint density at radius 3 is 2.21 bits per heavy atom. The monoisotopic (exact) mass is 692 g/mol. The fraction of sp³-hybridized carbons (Fsp3) is 0.238. The lowest BCUT2D eigenvalue weighted by molar-refractivity contribution is 0.0949. The largest absolute Gasteiger partial charge is 0.352 e. The standard InChI is InChI=1S/C42H33FN4O5/c1-3-6-29-36(17-28-13-25(18-44)37(43)21-46-28)41(51)32-12-10-23(14-35(32)40(29)50)34-15-26(34)20-47-42(52)24-9-11-27(45-19-24)16-33-22(2)38(48)30-7-4-5-8-31(30)39(33)49/h4-5,7-14,19,21,26,34H,3,6,15-17,20H2,1-2H3,(H,47,52). The maximum absolute atomic E-state index is 13.9. The second kappa shape index (κ2) is 13.8. The number of nitrogens with one attached hydrogen (secondary N) is 1. The number of benzene rings is 2. The van der Waals surface area contributed by atoms with Crippen molar-refractivity contribution in [1.29, 1.82) is 5.26 Å². The van der Waals surface area contributed by atoms with Crippen LogP contribution in [0.25, 0.3) is 0 Å². The normalized spacial score (nSPS) is 17.9. The van der Waals surface area contributed by atoms with Gasteiger partial charge in [-0.3, -0.25) is 33.9 Å². The number of fused-ring (bicyclic) bond motifs is 2. The average molecular weight is 693 g/mol. The van der Waals surface area contributed by atoms with E-state index in [0.29, 0.717) is 80.9 Å². The molecule has 2 heterocycles. The molecule has 1 amide bonds. The number of aromatic nitrogens is 2. The van der Waals surface area contributed by atoms with Gasteiger partial charge >= 0.3 is 0 Å². The molecule has 4 aromatic rings. The molecular formula is C42H33FN4O5. The Balaban J connectivity index is 0.988. The number of nitrogens with zero attached hydrogens (tertiary/aromatic N) is 3. The van der Waals surface area contributed by atoms with Crippen molar-refractivity contribution in [1.82, 2.24) is 15.3 Å². The molecule has 0 saturated heterocycles. The summed E-state index contributed by atoms with van der Waals surface area (Å²) < 4.78 is 13.9. The van der Waals surface area contributed by atoms with Crippen LogP contribution in [0.4, 0.5) is 4.39 Å². The van der Waals surface area contributed by atoms with Gasteiger partial charge < -0.3 is 5.32 Å². The Morgan fingerprint density at radius 1 is 0.827 bits per heavy atom. The molecule has 9 nitrogen and oxygen atoms in total. The lowest BCUT2D eigenvalue weighted by Crippen LogP contribution is -2.26. The number of amides is 1. The van der Waals surface area contributed by atoms with Crippen molar-refractivity contribution in [3.05, 3.63) is 151 Å². The second-order valence-electron chi connectivity index (χ2n) is 13.4. The summed E-state index contributed by atoms with van der Waals surface area (Å²) in [7, 11) is 0. The van der Waals surface area contributed by atoms with Crippen LogP contribution in [0.5, 0.6) is 0 Å². The van der Waals surface area contributed by atoms with Crippen LogP contribution in [0, 0.1) is 23.1 Å². The van der Waals surface area contributed by atoms with Gasteiger partial charge in [-0.2, -0.15) is 5.26 Å². The van der Waals surface area contributed by atoms with Gasteiger partial charge in [-0.25, -0.2) is 4.39 Å². The van der Waals surface area contributed by atoms with Crippen LogP contribution >= 0.6 is 0 Å². The van der Waals surface area contributed by atoms with Crippen LogP contribution in [-0.4, -0.2) is 45.6 Å². The number of ketones is 4. The van der Waals surface area contributed by atoms with E-state index in [4.69, 9.17) is 0 Å². The first kappa shape index (κ1) is 34.2. The molecular weight excluding hydrogens is 659 g/mol. The van der Waals surface area contributed by atoms with Gasteiger partial charge in [0.2, 0.25) is 0 Å². The number of allylic oxidation sites excluding steroid dienone is 4. The number of pyridine rings is 2. The summed E-state index contributed by atoms with van der Waals surface area (Å²) in [5.74, 6) is -1.62. The molecule has 2 aromatic heterocycles. The van der Waals surface area contributed by atoms with E-state index in [1.807, 2.05) is 13.0 Å². The highest BCUT2D eigenvalue weighted by Gasteiger charge is 2.40. The molecule has 1 fully saturated rings. The average Bonchev–Trinajstić information content (AvgIpc) is 3.95. The van der Waals surface area contributed by atoms with Crippen molar-refractivity contribution in [2.45, 2.75) is 51.9 Å². The molecule has 0 spiro atoms. The lowest BCUT2D eigenvalue weighted by Gasteiger charge is -2.22. The summed E-state index contributed by atoms with van der Waals surface area (Å²) in [5.41, 5.74) is 5.02. The first-order chi connectivity index (χ1) is 25.1. The number of carbonyl (C=O) groups is 5. The summed E-state index contributed by atoms with van der Waals surface area (Å²) in [6, 6.07) is 18.5. The Hall–Kier alpha value is -6.21. The zero-order valence-electron chi connectivity index (χ0n) is 28.6. The highest BCUT2D eigenvalue weighted by Crippen LogP contribution is 2.48. The minimum atomic E-state index is -0.743. The molecule has 1 saturated carbocycles. The van der Waals surface area contributed by atoms with Crippen molar-refractivity contribution in [2.24, 2.45) is 5.92 Å². The van der Waals surface area contributed by atoms with Crippen molar-refractivity contribution in [3.8, 4) is 6.07 Å². The number of carbonyl (C=O) groups excluding carboxylic acids is 5. The minimum Gasteiger partial charge on any atom is -0.352 e. The third-order valence-corrected chi connectivity index (χ3v) is 10.1. The zero-order chi connectivity index (χ0) is 36.7. The predicted molar refractivity (Wildman–Crippen MR) is 189 cm³/mol. The minimum absolute atomic E-state index is 0.0200. The van der Waals surface area contributed by atoms with E-state index in [0.717, 1.165) is 18.2 Å². The fourth-order valence-electron chi connectivity index (χ4n) is 7.14. The number of halogens is 1. The molecule has 10 heteroatoms. The number of hydrogen-bond acceptors (Lipinski definition) is 8. The quantitative estimate of drug-likeness (QED) is 0.194. The fourth-order valence-corrected chi connectivity index (χ4v) is 7.14. The van der Waals surface area contributed by atoms with Gasteiger partial charge in [0.25, 0.3) is 5.91 Å². The van der Waals surface area contributed by atoms with Crippen LogP contribution in [0.15, 0.2) is 95.3 Å². The summed E-state index contributed by atoms with van der Waals surface area (Å²) in [6.07, 6.45) is 4.46. The van der Waals surface area contributed by atoms with Gasteiger partial charge in [-0.05, 0) is 61.4 Å². The van der Waals surface area contributed by atoms with Gasteiger partial charge in [0, 0.05) is 81.5 Å². The molecule has 3 aliphatic rings. The van der Waals surface area contributed by atoms with Crippen LogP contribution in [-0.2, 0) is 12.8 Å². The van der Waals surface area contributed by atoms with E-state index in [1.54, 1.807) is 61.5 Å². The van der Waals surface area contributed by atoms with Crippen LogP contribution in [0.3, 0.4) is 0 Å². The van der Waals surface area contributed by atoms with Crippen molar-refractivity contribution < 1.29 is 28.4 Å². The molecule has 1 N–H and O–H groups in total. The summed E-state index contributed by atoms with van der Waals surface area (Å²) in [6.45, 7) is 3.99. The summed E-state index contributed by atoms with van der Waals surface area (Å²) >= 11 is 0. The molecule has 258 valence electrons. The van der Waals surface area contributed by atoms with Crippen molar-refractivity contribution in [3.63, 3.8) is 0 Å². The molecule has 3 aliphatic carbocycles. The van der Waals surface area contributed by atoms with E-state index in [2.05, 4.69) is 15.3 Å². The number of nitriles is 1. The van der Waals surface area contributed by atoms with Crippen LogP contribution < -0.4 is 5.32 Å². The van der Waals surface area contributed by atoms with E-state index in [9.17, 15) is 33.6 Å². The Kier molecular flexibility index (Phi) is 9.11. The van der Waals surface area contributed by atoms with Gasteiger partial charge in [0.1, 0.15) is 6.07 Å². The third-order valence-electron chi connectivity index (χ3n) is 10.1. The van der Waals surface area contributed by atoms with Crippen molar-refractivity contribution in [2.75, 3.05) is 6.54 Å². The van der Waals surface area contributed by atoms with E-state index < -0.39 is 5.82 Å². The number of rotatable bonds is 10. The molecule has 7 rings (SSSR count).